The number of rotatable bonds is 28. The van der Waals surface area contributed by atoms with Crippen molar-refractivity contribution in [1.82, 2.24) is 0 Å². The number of phosphoric acid groups is 1. The summed E-state index contributed by atoms with van der Waals surface area (Å²) in [5.74, 6) is -2.37. The van der Waals surface area contributed by atoms with E-state index in [0.717, 1.165) is 19.3 Å². The quantitative estimate of drug-likeness (QED) is 0.0555. The molecule has 1 unspecified atom stereocenters. The van der Waals surface area contributed by atoms with Crippen molar-refractivity contribution in [3.05, 3.63) is 0 Å². The average Bonchev–Trinajstić information content (AvgIpc) is 2.91. The molecule has 0 bridgehead atoms. The molecule has 0 spiro atoms. The molecule has 0 aromatic carbocycles. The van der Waals surface area contributed by atoms with Crippen LogP contribution in [-0.2, 0) is 37.5 Å². The van der Waals surface area contributed by atoms with Gasteiger partial charge in [0.2, 0.25) is 0 Å². The molecule has 0 aliphatic heterocycles. The van der Waals surface area contributed by atoms with Gasteiger partial charge in [-0.25, -0.2) is 4.57 Å². The van der Waals surface area contributed by atoms with Crippen LogP contribution < -0.4 is 0 Å². The predicted octanol–water partition coefficient (Wildman–Crippen LogP) is 4.66. The lowest BCUT2D eigenvalue weighted by Gasteiger charge is -2.20. The normalized spacial score (nSPS) is 14.3. The van der Waals surface area contributed by atoms with Crippen LogP contribution in [0.25, 0.3) is 0 Å². The maximum Gasteiger partial charge on any atom is 0.472 e. The molecule has 0 aromatic rings. The van der Waals surface area contributed by atoms with Crippen molar-refractivity contribution in [2.24, 2.45) is 0 Å². The van der Waals surface area contributed by atoms with Crippen LogP contribution in [0.3, 0.4) is 0 Å². The number of carboxylic acid groups (broad SMARTS) is 1. The molecule has 0 heterocycles. The molecule has 0 amide bonds. The van der Waals surface area contributed by atoms with E-state index in [2.05, 4.69) is 11.4 Å². The van der Waals surface area contributed by atoms with Crippen molar-refractivity contribution < 1.29 is 57.7 Å². The Labute approximate surface area is 238 Å². The number of hydrogen-bond donors (Lipinski definition) is 4. The molecule has 0 fully saturated rings. The second-order valence-electron chi connectivity index (χ2n) is 9.93. The number of carbonyl (C=O) groups excluding carboxylic acids is 2. The molecule has 12 nitrogen and oxygen atoms in total. The number of aliphatic hydroxyl groups is 2. The number of ether oxygens (including phenoxy) is 2. The van der Waals surface area contributed by atoms with Crippen molar-refractivity contribution in [1.29, 1.82) is 0 Å². The number of carbonyl (C=O) groups is 3. The van der Waals surface area contributed by atoms with E-state index in [0.29, 0.717) is 6.42 Å². The highest BCUT2D eigenvalue weighted by Gasteiger charge is 2.27. The zero-order chi connectivity index (χ0) is 30.1. The van der Waals surface area contributed by atoms with Gasteiger partial charge in [0.05, 0.1) is 19.8 Å². The van der Waals surface area contributed by atoms with E-state index >= 15 is 0 Å². The van der Waals surface area contributed by atoms with Crippen LogP contribution in [0.1, 0.15) is 116 Å². The second kappa shape index (κ2) is 25.2. The number of esters is 2. The van der Waals surface area contributed by atoms with Crippen molar-refractivity contribution >= 4 is 25.7 Å². The highest BCUT2D eigenvalue weighted by molar-refractivity contribution is 7.47. The summed E-state index contributed by atoms with van der Waals surface area (Å²) in [7, 11) is -4.66. The van der Waals surface area contributed by atoms with Gasteiger partial charge < -0.3 is 29.7 Å². The van der Waals surface area contributed by atoms with Crippen LogP contribution in [0.15, 0.2) is 0 Å². The fourth-order valence-electron chi connectivity index (χ4n) is 3.74. The topological polar surface area (TPSA) is 186 Å². The molecule has 236 valence electrons. The predicted molar refractivity (Wildman–Crippen MR) is 147 cm³/mol. The summed E-state index contributed by atoms with van der Waals surface area (Å²) < 4.78 is 31.6. The minimum atomic E-state index is -4.66. The van der Waals surface area contributed by atoms with Crippen molar-refractivity contribution in [3.8, 4) is 0 Å². The second-order valence-corrected chi connectivity index (χ2v) is 11.4. The molecular weight excluding hydrogens is 547 g/mol. The van der Waals surface area contributed by atoms with Crippen molar-refractivity contribution in [3.63, 3.8) is 0 Å². The van der Waals surface area contributed by atoms with Crippen LogP contribution in [0, 0.1) is 0 Å². The first-order chi connectivity index (χ1) is 19.1. The fraction of sp³-hybridized carbons (Fsp3) is 0.889. The Morgan fingerprint density at radius 3 is 1.73 bits per heavy atom. The summed E-state index contributed by atoms with van der Waals surface area (Å²) in [5.41, 5.74) is 0. The largest absolute Gasteiger partial charge is 0.481 e. The number of aliphatic hydroxyl groups excluding tert-OH is 2. The molecule has 13 heteroatoms. The van der Waals surface area contributed by atoms with Gasteiger partial charge in [0, 0.05) is 19.3 Å². The molecule has 40 heavy (non-hydrogen) atoms. The van der Waals surface area contributed by atoms with Crippen LogP contribution >= 0.6 is 7.82 Å². The van der Waals surface area contributed by atoms with E-state index in [4.69, 9.17) is 24.2 Å². The summed E-state index contributed by atoms with van der Waals surface area (Å²) in [4.78, 5) is 44.5. The number of phosphoric ester groups is 1. The molecule has 0 aromatic heterocycles. The highest BCUT2D eigenvalue weighted by Crippen LogP contribution is 2.43. The summed E-state index contributed by atoms with van der Waals surface area (Å²) >= 11 is 0. The monoisotopic (exact) mass is 598 g/mol. The molecule has 0 saturated heterocycles. The maximum absolute atomic E-state index is 12.1. The van der Waals surface area contributed by atoms with Crippen LogP contribution in [0.2, 0.25) is 0 Å². The molecule has 0 rings (SSSR count). The number of hydrogen-bond acceptors (Lipinski definition) is 10. The minimum absolute atomic E-state index is 0.0290. The lowest BCUT2D eigenvalue weighted by Crippen LogP contribution is -2.30. The third-order valence-corrected chi connectivity index (χ3v) is 7.00. The van der Waals surface area contributed by atoms with Gasteiger partial charge in [-0.3, -0.25) is 23.4 Å². The van der Waals surface area contributed by atoms with Crippen LogP contribution in [0.5, 0.6) is 0 Å². The maximum atomic E-state index is 12.1. The third kappa shape index (κ3) is 25.4. The molecule has 0 radical (unpaired) electrons. The molecule has 0 aliphatic carbocycles. The van der Waals surface area contributed by atoms with E-state index in [1.807, 2.05) is 0 Å². The fourth-order valence-corrected chi connectivity index (χ4v) is 4.53. The van der Waals surface area contributed by atoms with Gasteiger partial charge in [0.15, 0.2) is 6.10 Å². The van der Waals surface area contributed by atoms with Crippen molar-refractivity contribution in [2.75, 3.05) is 26.4 Å². The van der Waals surface area contributed by atoms with E-state index < -0.39 is 64.4 Å². The average molecular weight is 599 g/mol. The molecule has 3 atom stereocenters. The molecule has 0 aliphatic rings. The number of aliphatic carboxylic acids is 1. The van der Waals surface area contributed by atoms with Gasteiger partial charge in [-0.1, -0.05) is 84.0 Å². The number of unbranched alkanes of at least 4 members (excludes halogenated alkanes) is 12. The smallest absolute Gasteiger partial charge is 0.472 e. The van der Waals surface area contributed by atoms with E-state index in [1.54, 1.807) is 0 Å². The Morgan fingerprint density at radius 1 is 0.700 bits per heavy atom. The third-order valence-electron chi connectivity index (χ3n) is 6.05. The summed E-state index contributed by atoms with van der Waals surface area (Å²) in [6, 6.07) is 0. The molecule has 0 saturated carbocycles. The summed E-state index contributed by atoms with van der Waals surface area (Å²) in [5, 5.41) is 26.7. The lowest BCUT2D eigenvalue weighted by molar-refractivity contribution is -0.161. The van der Waals surface area contributed by atoms with Gasteiger partial charge in [0.25, 0.3) is 0 Å². The summed E-state index contributed by atoms with van der Waals surface area (Å²) in [6.45, 7) is -0.219. The van der Waals surface area contributed by atoms with Gasteiger partial charge in [-0.15, -0.1) is 0 Å². The Balaban J connectivity index is 4.29. The zero-order valence-electron chi connectivity index (χ0n) is 24.0. The van der Waals surface area contributed by atoms with Gasteiger partial charge >= 0.3 is 25.7 Å². The zero-order valence-corrected chi connectivity index (χ0v) is 24.9. The Hall–Kier alpha value is -1.56. The first-order valence-electron chi connectivity index (χ1n) is 14.6. The van der Waals surface area contributed by atoms with Gasteiger partial charge in [-0.2, -0.15) is 0 Å². The summed E-state index contributed by atoms with van der Waals surface area (Å²) in [6.07, 6.45) is 12.4. The lowest BCUT2D eigenvalue weighted by atomic mass is 10.0. The Kier molecular flexibility index (Phi) is 24.2. The SMILES string of the molecule is CCCCCCCCCCCCCCCC(=O)OC[C@H](COP(=O)(O)OC[C@@H](O)CO)OC(=O)CCCC(=O)O. The van der Waals surface area contributed by atoms with E-state index in [1.165, 1.54) is 57.8 Å². The Morgan fingerprint density at radius 2 is 1.20 bits per heavy atom. The van der Waals surface area contributed by atoms with Crippen molar-refractivity contribution in [2.45, 2.75) is 128 Å². The molecule has 4 N–H and O–H groups in total. The molecular formula is C27H51O12P. The standard InChI is InChI=1S/C27H51O12P/c1-2-3-4-5-6-7-8-9-10-11-12-13-14-17-26(32)36-21-24(39-27(33)18-15-16-25(30)31)22-38-40(34,35)37-20-23(29)19-28/h23-24,28-29H,2-22H2,1H3,(H,30,31)(H,34,35)/t23-,24+/m0/s1. The Bertz CT molecular complexity index is 718. The number of carboxylic acids is 1. The first kappa shape index (κ1) is 38.4. The van der Waals surface area contributed by atoms with Gasteiger partial charge in [-0.05, 0) is 12.8 Å². The minimum Gasteiger partial charge on any atom is -0.481 e. The van der Waals surface area contributed by atoms with Crippen LogP contribution in [-0.4, -0.2) is 76.8 Å². The van der Waals surface area contributed by atoms with Gasteiger partial charge in [0.1, 0.15) is 12.7 Å². The van der Waals surface area contributed by atoms with E-state index in [9.17, 15) is 28.9 Å². The van der Waals surface area contributed by atoms with Crippen LogP contribution in [0.4, 0.5) is 0 Å². The van der Waals surface area contributed by atoms with E-state index in [-0.39, 0.29) is 25.7 Å². The first-order valence-corrected chi connectivity index (χ1v) is 16.1. The highest BCUT2D eigenvalue weighted by atomic mass is 31.2.